The summed E-state index contributed by atoms with van der Waals surface area (Å²) >= 11 is 0. The van der Waals surface area contributed by atoms with Gasteiger partial charge in [0.2, 0.25) is 5.91 Å². The minimum Gasteiger partial charge on any atom is -0.350 e. The number of hydrogen-bond donors (Lipinski definition) is 3. The maximum atomic E-state index is 12.7. The molecule has 7 heteroatoms. The third kappa shape index (κ3) is 3.37. The molecule has 0 aliphatic heterocycles. The van der Waals surface area contributed by atoms with Gasteiger partial charge in [-0.25, -0.2) is 5.10 Å². The van der Waals surface area contributed by atoms with E-state index in [-0.39, 0.29) is 11.5 Å². The van der Waals surface area contributed by atoms with Crippen molar-refractivity contribution >= 4 is 16.7 Å². The molecule has 1 aliphatic carbocycles. The van der Waals surface area contributed by atoms with E-state index in [0.717, 1.165) is 25.0 Å². The molecule has 0 bridgehead atoms. The summed E-state index contributed by atoms with van der Waals surface area (Å²) in [7, 11) is 0. The zero-order valence-electron chi connectivity index (χ0n) is 15.3. The van der Waals surface area contributed by atoms with E-state index >= 15 is 0 Å². The van der Waals surface area contributed by atoms with Crippen molar-refractivity contribution in [2.24, 2.45) is 0 Å². The highest BCUT2D eigenvalue weighted by Crippen LogP contribution is 2.23. The number of hydrogen-bond acceptors (Lipinski definition) is 4. The number of aryl methyl sites for hydroxylation is 1. The molecule has 140 valence electrons. The molecule has 3 aromatic rings. The molecule has 2 heterocycles. The summed E-state index contributed by atoms with van der Waals surface area (Å²) in [6.07, 6.45) is 5.62. The van der Waals surface area contributed by atoms with Gasteiger partial charge in [0.25, 0.3) is 5.56 Å². The standard InChI is InChI=1S/C20H23N5O2/c1-12(18-13-7-5-6-8-14(13)20(27)25-24-18)19(26)21-11-17-15-9-3-2-4-10-16(15)22-23-17/h5-8,12H,2-4,9-11H2,1H3,(H,21,26)(H,22,23)(H,25,27)/t12-/m0/s1. The maximum Gasteiger partial charge on any atom is 0.272 e. The van der Waals surface area contributed by atoms with Crippen molar-refractivity contribution in [2.75, 3.05) is 0 Å². The molecule has 3 N–H and O–H groups in total. The average molecular weight is 365 g/mol. The van der Waals surface area contributed by atoms with E-state index in [4.69, 9.17) is 0 Å². The first kappa shape index (κ1) is 17.5. The largest absolute Gasteiger partial charge is 0.350 e. The van der Waals surface area contributed by atoms with Crippen LogP contribution in [0.3, 0.4) is 0 Å². The summed E-state index contributed by atoms with van der Waals surface area (Å²) in [6.45, 7) is 2.20. The topological polar surface area (TPSA) is 104 Å². The first-order valence-electron chi connectivity index (χ1n) is 9.45. The van der Waals surface area contributed by atoms with Gasteiger partial charge in [0.15, 0.2) is 0 Å². The third-order valence-corrected chi connectivity index (χ3v) is 5.35. The van der Waals surface area contributed by atoms with Crippen molar-refractivity contribution in [1.82, 2.24) is 25.7 Å². The fraction of sp³-hybridized carbons (Fsp3) is 0.400. The van der Waals surface area contributed by atoms with Crippen LogP contribution in [0, 0.1) is 0 Å². The molecule has 1 atom stereocenters. The monoisotopic (exact) mass is 365 g/mol. The van der Waals surface area contributed by atoms with Gasteiger partial charge in [0.05, 0.1) is 29.2 Å². The normalized spacial score (nSPS) is 15.1. The molecule has 0 fully saturated rings. The number of benzene rings is 1. The average Bonchev–Trinajstić information content (AvgIpc) is 2.92. The van der Waals surface area contributed by atoms with Crippen LogP contribution in [0.2, 0.25) is 0 Å². The summed E-state index contributed by atoms with van der Waals surface area (Å²) in [4.78, 5) is 24.7. The Morgan fingerprint density at radius 1 is 1.11 bits per heavy atom. The summed E-state index contributed by atoms with van der Waals surface area (Å²) in [5.74, 6) is -0.616. The molecule has 27 heavy (non-hydrogen) atoms. The smallest absolute Gasteiger partial charge is 0.272 e. The second-order valence-electron chi connectivity index (χ2n) is 7.11. The summed E-state index contributed by atoms with van der Waals surface area (Å²) in [5.41, 5.74) is 3.71. The molecule has 0 saturated carbocycles. The lowest BCUT2D eigenvalue weighted by Gasteiger charge is -2.13. The minimum atomic E-state index is -0.482. The Hall–Kier alpha value is -2.96. The Kier molecular flexibility index (Phi) is 4.75. The van der Waals surface area contributed by atoms with Gasteiger partial charge >= 0.3 is 0 Å². The molecular formula is C20H23N5O2. The number of aromatic amines is 2. The quantitative estimate of drug-likeness (QED) is 0.617. The van der Waals surface area contributed by atoms with Crippen LogP contribution < -0.4 is 10.9 Å². The molecule has 1 aliphatic rings. The summed E-state index contributed by atoms with van der Waals surface area (Å²) in [6, 6.07) is 7.21. The summed E-state index contributed by atoms with van der Waals surface area (Å²) < 4.78 is 0. The Morgan fingerprint density at radius 2 is 1.89 bits per heavy atom. The van der Waals surface area contributed by atoms with Gasteiger partial charge in [-0.3, -0.25) is 14.7 Å². The number of carbonyl (C=O) groups excluding carboxylic acids is 1. The second kappa shape index (κ2) is 7.34. The van der Waals surface area contributed by atoms with E-state index in [2.05, 4.69) is 25.7 Å². The SMILES string of the molecule is C[C@H](C(=O)NCc1n[nH]c2c1CCCCC2)c1n[nH]c(=O)c2ccccc12. The zero-order chi connectivity index (χ0) is 18.8. The van der Waals surface area contributed by atoms with Gasteiger partial charge in [-0.15, -0.1) is 0 Å². The molecule has 1 aromatic carbocycles. The fourth-order valence-corrected chi connectivity index (χ4v) is 3.79. The molecule has 0 spiro atoms. The number of rotatable bonds is 4. The molecular weight excluding hydrogens is 342 g/mol. The number of nitrogens with one attached hydrogen (secondary N) is 3. The molecule has 1 amide bonds. The van der Waals surface area contributed by atoms with Crippen LogP contribution >= 0.6 is 0 Å². The van der Waals surface area contributed by atoms with Crippen LogP contribution in [0.15, 0.2) is 29.1 Å². The van der Waals surface area contributed by atoms with Crippen LogP contribution in [0.1, 0.15) is 54.7 Å². The second-order valence-corrected chi connectivity index (χ2v) is 7.11. The van der Waals surface area contributed by atoms with Crippen molar-refractivity contribution in [2.45, 2.75) is 51.5 Å². The van der Waals surface area contributed by atoms with Gasteiger partial charge in [0.1, 0.15) is 0 Å². The van der Waals surface area contributed by atoms with E-state index < -0.39 is 5.92 Å². The first-order valence-corrected chi connectivity index (χ1v) is 9.45. The van der Waals surface area contributed by atoms with Crippen LogP contribution in [-0.2, 0) is 24.2 Å². The van der Waals surface area contributed by atoms with Gasteiger partial charge in [-0.2, -0.15) is 10.2 Å². The Morgan fingerprint density at radius 3 is 2.74 bits per heavy atom. The highest BCUT2D eigenvalue weighted by Gasteiger charge is 2.22. The predicted octanol–water partition coefficient (Wildman–Crippen LogP) is 2.33. The molecule has 7 nitrogen and oxygen atoms in total. The lowest BCUT2D eigenvalue weighted by Crippen LogP contribution is -2.29. The Bertz CT molecular complexity index is 1040. The third-order valence-electron chi connectivity index (χ3n) is 5.35. The van der Waals surface area contributed by atoms with Crippen molar-refractivity contribution in [3.8, 4) is 0 Å². The van der Waals surface area contributed by atoms with E-state index in [1.165, 1.54) is 24.1 Å². The van der Waals surface area contributed by atoms with E-state index in [1.807, 2.05) is 12.1 Å². The number of fused-ring (bicyclic) bond motifs is 2. The highest BCUT2D eigenvalue weighted by atomic mass is 16.2. The van der Waals surface area contributed by atoms with Gasteiger partial charge in [-0.05, 0) is 44.2 Å². The predicted molar refractivity (Wildman–Crippen MR) is 102 cm³/mol. The van der Waals surface area contributed by atoms with Gasteiger partial charge in [-0.1, -0.05) is 24.6 Å². The number of amides is 1. The number of nitrogens with zero attached hydrogens (tertiary/aromatic N) is 2. The van der Waals surface area contributed by atoms with Crippen LogP contribution in [-0.4, -0.2) is 26.3 Å². The number of aromatic nitrogens is 4. The van der Waals surface area contributed by atoms with E-state index in [9.17, 15) is 9.59 Å². The van der Waals surface area contributed by atoms with Crippen molar-refractivity contribution in [1.29, 1.82) is 0 Å². The highest BCUT2D eigenvalue weighted by molar-refractivity contribution is 5.90. The van der Waals surface area contributed by atoms with E-state index in [1.54, 1.807) is 19.1 Å². The summed E-state index contributed by atoms with van der Waals surface area (Å²) in [5, 5.41) is 18.4. The molecule has 0 radical (unpaired) electrons. The number of H-pyrrole nitrogens is 2. The van der Waals surface area contributed by atoms with Gasteiger partial charge in [0, 0.05) is 11.1 Å². The lowest BCUT2D eigenvalue weighted by atomic mass is 10.0. The van der Waals surface area contributed by atoms with Crippen LogP contribution in [0.25, 0.3) is 10.8 Å². The fourth-order valence-electron chi connectivity index (χ4n) is 3.79. The van der Waals surface area contributed by atoms with Crippen molar-refractivity contribution in [3.63, 3.8) is 0 Å². The van der Waals surface area contributed by atoms with Crippen LogP contribution in [0.5, 0.6) is 0 Å². The molecule has 0 unspecified atom stereocenters. The minimum absolute atomic E-state index is 0.134. The first-order chi connectivity index (χ1) is 13.1. The number of carbonyl (C=O) groups is 1. The van der Waals surface area contributed by atoms with Crippen molar-refractivity contribution in [3.05, 3.63) is 57.3 Å². The maximum absolute atomic E-state index is 12.7. The molecule has 0 saturated heterocycles. The van der Waals surface area contributed by atoms with Crippen LogP contribution in [0.4, 0.5) is 0 Å². The lowest BCUT2D eigenvalue weighted by molar-refractivity contribution is -0.122. The molecule has 2 aromatic heterocycles. The van der Waals surface area contributed by atoms with Gasteiger partial charge < -0.3 is 5.32 Å². The zero-order valence-corrected chi connectivity index (χ0v) is 15.3. The Balaban J connectivity index is 1.52. The Labute approximate surface area is 156 Å². The van der Waals surface area contributed by atoms with E-state index in [0.29, 0.717) is 23.0 Å². The van der Waals surface area contributed by atoms with Crippen molar-refractivity contribution < 1.29 is 4.79 Å². The molecule has 4 rings (SSSR count).